The average molecular weight is 202 g/mol. The standard InChI is InChI=1S/C13H18N2/c14-10-6-11(7-10)15-13-8-12(13)9-4-2-1-3-5-9/h1-5,10-13,15H,6-8,14H2/t10-,11-,12-,13+/m1/s1. The molecule has 0 saturated heterocycles. The monoisotopic (exact) mass is 202 g/mol. The van der Waals surface area contributed by atoms with Gasteiger partial charge < -0.3 is 11.1 Å². The molecule has 3 rings (SSSR count). The second kappa shape index (κ2) is 3.62. The Morgan fingerprint density at radius 3 is 2.47 bits per heavy atom. The summed E-state index contributed by atoms with van der Waals surface area (Å²) >= 11 is 0. The first-order chi connectivity index (χ1) is 7.33. The van der Waals surface area contributed by atoms with Crippen LogP contribution in [0.3, 0.4) is 0 Å². The topological polar surface area (TPSA) is 38.0 Å². The molecule has 0 spiro atoms. The van der Waals surface area contributed by atoms with Crippen molar-refractivity contribution in [3.05, 3.63) is 35.9 Å². The van der Waals surface area contributed by atoms with Gasteiger partial charge in [0, 0.05) is 24.0 Å². The Labute approximate surface area is 90.9 Å². The van der Waals surface area contributed by atoms with Crippen LogP contribution in [0.5, 0.6) is 0 Å². The molecule has 3 N–H and O–H groups in total. The maximum absolute atomic E-state index is 5.77. The van der Waals surface area contributed by atoms with Crippen LogP contribution in [0.25, 0.3) is 0 Å². The maximum Gasteiger partial charge on any atom is 0.0145 e. The van der Waals surface area contributed by atoms with Crippen molar-refractivity contribution < 1.29 is 0 Å². The van der Waals surface area contributed by atoms with E-state index in [1.807, 2.05) is 0 Å². The van der Waals surface area contributed by atoms with E-state index >= 15 is 0 Å². The minimum absolute atomic E-state index is 0.455. The smallest absolute Gasteiger partial charge is 0.0145 e. The summed E-state index contributed by atoms with van der Waals surface area (Å²) in [4.78, 5) is 0. The van der Waals surface area contributed by atoms with Crippen molar-refractivity contribution in [1.82, 2.24) is 5.32 Å². The molecule has 0 unspecified atom stereocenters. The molecule has 2 heteroatoms. The van der Waals surface area contributed by atoms with E-state index in [9.17, 15) is 0 Å². The van der Waals surface area contributed by atoms with Crippen molar-refractivity contribution in [1.29, 1.82) is 0 Å². The Kier molecular flexibility index (Phi) is 2.26. The van der Waals surface area contributed by atoms with Crippen LogP contribution in [0.1, 0.15) is 30.7 Å². The minimum Gasteiger partial charge on any atom is -0.328 e. The summed E-state index contributed by atoms with van der Waals surface area (Å²) in [5.74, 6) is 0.753. The summed E-state index contributed by atoms with van der Waals surface area (Å²) in [6, 6.07) is 12.7. The first kappa shape index (κ1) is 9.37. The van der Waals surface area contributed by atoms with Crippen molar-refractivity contribution in [2.75, 3.05) is 0 Å². The van der Waals surface area contributed by atoms with Gasteiger partial charge in [0.15, 0.2) is 0 Å². The molecule has 0 aromatic heterocycles. The van der Waals surface area contributed by atoms with Crippen molar-refractivity contribution in [2.45, 2.75) is 43.3 Å². The van der Waals surface area contributed by atoms with Gasteiger partial charge in [-0.2, -0.15) is 0 Å². The Balaban J connectivity index is 1.52. The Hall–Kier alpha value is -0.860. The molecule has 15 heavy (non-hydrogen) atoms. The number of nitrogens with two attached hydrogens (primary N) is 1. The van der Waals surface area contributed by atoms with Gasteiger partial charge in [0.25, 0.3) is 0 Å². The summed E-state index contributed by atoms with van der Waals surface area (Å²) in [5, 5.41) is 3.69. The van der Waals surface area contributed by atoms with E-state index < -0.39 is 0 Å². The summed E-state index contributed by atoms with van der Waals surface area (Å²) in [6.07, 6.45) is 3.63. The van der Waals surface area contributed by atoms with Crippen molar-refractivity contribution in [3.8, 4) is 0 Å². The zero-order valence-corrected chi connectivity index (χ0v) is 8.89. The fraction of sp³-hybridized carbons (Fsp3) is 0.538. The van der Waals surface area contributed by atoms with E-state index in [1.165, 1.54) is 12.0 Å². The zero-order chi connectivity index (χ0) is 10.3. The van der Waals surface area contributed by atoms with Crippen LogP contribution in [0.15, 0.2) is 30.3 Å². The summed E-state index contributed by atoms with van der Waals surface area (Å²) in [6.45, 7) is 0. The highest BCUT2D eigenvalue weighted by molar-refractivity contribution is 5.27. The molecule has 1 aromatic rings. The lowest BCUT2D eigenvalue weighted by Gasteiger charge is -2.33. The van der Waals surface area contributed by atoms with Gasteiger partial charge in [-0.25, -0.2) is 0 Å². The highest BCUT2D eigenvalue weighted by atomic mass is 15.0. The first-order valence-electron chi connectivity index (χ1n) is 5.89. The van der Waals surface area contributed by atoms with Crippen LogP contribution in [0, 0.1) is 0 Å². The van der Waals surface area contributed by atoms with Gasteiger partial charge in [0.1, 0.15) is 0 Å². The van der Waals surface area contributed by atoms with Crippen LogP contribution < -0.4 is 11.1 Å². The van der Waals surface area contributed by atoms with Crippen LogP contribution in [-0.2, 0) is 0 Å². The molecule has 2 saturated carbocycles. The fourth-order valence-corrected chi connectivity index (χ4v) is 2.55. The quantitative estimate of drug-likeness (QED) is 0.781. The van der Waals surface area contributed by atoms with Gasteiger partial charge in [-0.1, -0.05) is 30.3 Å². The molecule has 2 atom stereocenters. The normalized spacial score (nSPS) is 38.5. The molecule has 2 fully saturated rings. The summed E-state index contributed by atoms with van der Waals surface area (Å²) in [7, 11) is 0. The minimum atomic E-state index is 0.455. The predicted molar refractivity (Wildman–Crippen MR) is 61.7 cm³/mol. The first-order valence-corrected chi connectivity index (χ1v) is 5.89. The summed E-state index contributed by atoms with van der Waals surface area (Å²) in [5.41, 5.74) is 7.26. The lowest BCUT2D eigenvalue weighted by atomic mass is 9.87. The van der Waals surface area contributed by atoms with Crippen LogP contribution >= 0.6 is 0 Å². The van der Waals surface area contributed by atoms with Crippen LogP contribution in [0.2, 0.25) is 0 Å². The molecule has 0 amide bonds. The summed E-state index contributed by atoms with van der Waals surface area (Å²) < 4.78 is 0. The largest absolute Gasteiger partial charge is 0.328 e. The van der Waals surface area contributed by atoms with Gasteiger partial charge in [-0.3, -0.25) is 0 Å². The molecule has 2 aliphatic carbocycles. The molecule has 2 nitrogen and oxygen atoms in total. The lowest BCUT2D eigenvalue weighted by molar-refractivity contribution is 0.289. The molecule has 0 radical (unpaired) electrons. The molecule has 2 aliphatic rings. The molecular weight excluding hydrogens is 184 g/mol. The molecule has 0 heterocycles. The predicted octanol–water partition coefficient (Wildman–Crippen LogP) is 1.62. The third-order valence-corrected chi connectivity index (χ3v) is 3.64. The Morgan fingerprint density at radius 1 is 1.07 bits per heavy atom. The van der Waals surface area contributed by atoms with Gasteiger partial charge in [0.2, 0.25) is 0 Å². The van der Waals surface area contributed by atoms with Crippen LogP contribution in [-0.4, -0.2) is 18.1 Å². The third kappa shape index (κ3) is 1.92. The number of nitrogens with one attached hydrogen (secondary N) is 1. The number of hydrogen-bond acceptors (Lipinski definition) is 2. The van der Waals surface area contributed by atoms with E-state index in [4.69, 9.17) is 5.73 Å². The van der Waals surface area contributed by atoms with Crippen molar-refractivity contribution in [2.24, 2.45) is 5.73 Å². The van der Waals surface area contributed by atoms with Crippen molar-refractivity contribution >= 4 is 0 Å². The Morgan fingerprint density at radius 2 is 1.80 bits per heavy atom. The molecule has 0 aliphatic heterocycles. The second-order valence-corrected chi connectivity index (χ2v) is 4.95. The van der Waals surface area contributed by atoms with E-state index in [-0.39, 0.29) is 0 Å². The van der Waals surface area contributed by atoms with Gasteiger partial charge in [-0.05, 0) is 24.8 Å². The highest BCUT2D eigenvalue weighted by Gasteiger charge is 2.41. The maximum atomic E-state index is 5.77. The Bertz CT molecular complexity index is 330. The third-order valence-electron chi connectivity index (χ3n) is 3.64. The highest BCUT2D eigenvalue weighted by Crippen LogP contribution is 2.41. The van der Waals surface area contributed by atoms with Gasteiger partial charge in [-0.15, -0.1) is 0 Å². The lowest BCUT2D eigenvalue weighted by Crippen LogP contribution is -2.49. The van der Waals surface area contributed by atoms with E-state index in [0.717, 1.165) is 18.8 Å². The SMILES string of the molecule is N[C@H]1C[C@H](N[C@H]2C[C@@H]2c2ccccc2)C1. The second-order valence-electron chi connectivity index (χ2n) is 4.95. The fourth-order valence-electron chi connectivity index (χ4n) is 2.55. The van der Waals surface area contributed by atoms with E-state index in [1.54, 1.807) is 0 Å². The van der Waals surface area contributed by atoms with Gasteiger partial charge in [0.05, 0.1) is 0 Å². The molecule has 80 valence electrons. The van der Waals surface area contributed by atoms with Crippen molar-refractivity contribution in [3.63, 3.8) is 0 Å². The van der Waals surface area contributed by atoms with E-state index in [2.05, 4.69) is 35.6 Å². The number of benzene rings is 1. The zero-order valence-electron chi connectivity index (χ0n) is 8.89. The number of hydrogen-bond donors (Lipinski definition) is 2. The van der Waals surface area contributed by atoms with Crippen LogP contribution in [0.4, 0.5) is 0 Å². The molecular formula is C13H18N2. The average Bonchev–Trinajstić information content (AvgIpc) is 2.96. The molecule has 0 bridgehead atoms. The van der Waals surface area contributed by atoms with Gasteiger partial charge >= 0.3 is 0 Å². The molecule has 1 aromatic carbocycles. The van der Waals surface area contributed by atoms with E-state index in [0.29, 0.717) is 18.1 Å². The number of rotatable bonds is 3.